The normalized spacial score (nSPS) is 16.1. The van der Waals surface area contributed by atoms with Crippen LogP contribution in [0, 0.1) is 3.70 Å². The average molecular weight is 260 g/mol. The Kier molecular flexibility index (Phi) is 2.07. The van der Waals surface area contributed by atoms with E-state index in [0.717, 1.165) is 16.5 Å². The van der Waals surface area contributed by atoms with Crippen LogP contribution >= 0.6 is 22.6 Å². The van der Waals surface area contributed by atoms with E-state index in [2.05, 4.69) is 32.6 Å². The molecule has 0 spiro atoms. The van der Waals surface area contributed by atoms with Gasteiger partial charge in [0.05, 0.1) is 17.6 Å². The lowest BCUT2D eigenvalue weighted by atomic mass is 10.0. The fourth-order valence-electron chi connectivity index (χ4n) is 1.42. The Balaban J connectivity index is 2.43. The van der Waals surface area contributed by atoms with Crippen LogP contribution in [0.15, 0.2) is 6.20 Å². The molecule has 0 atom stereocenters. The van der Waals surface area contributed by atoms with Gasteiger partial charge in [0.2, 0.25) is 0 Å². The molecular weight excluding hydrogens is 251 g/mol. The summed E-state index contributed by atoms with van der Waals surface area (Å²) in [7, 11) is 0. The first-order valence-corrected chi connectivity index (χ1v) is 4.94. The van der Waals surface area contributed by atoms with Crippen molar-refractivity contribution < 1.29 is 0 Å². The van der Waals surface area contributed by atoms with Crippen molar-refractivity contribution in [2.24, 2.45) is 0 Å². The fourth-order valence-corrected chi connectivity index (χ4v) is 1.85. The molecule has 0 amide bonds. The number of aryl methyl sites for hydroxylation is 2. The minimum Gasteiger partial charge on any atom is -0.257 e. The van der Waals surface area contributed by atoms with Gasteiger partial charge in [-0.15, -0.1) is 0 Å². The zero-order valence-electron chi connectivity index (χ0n) is 6.18. The van der Waals surface area contributed by atoms with Crippen molar-refractivity contribution >= 4 is 22.6 Å². The molecule has 0 fully saturated rings. The van der Waals surface area contributed by atoms with Crippen LogP contribution in [0.3, 0.4) is 0 Å². The largest absolute Gasteiger partial charge is 0.257 e. The Hall–Kier alpha value is -0.190. The van der Waals surface area contributed by atoms with Crippen molar-refractivity contribution in [2.45, 2.75) is 25.7 Å². The van der Waals surface area contributed by atoms with Crippen LogP contribution in [-0.4, -0.2) is 9.97 Å². The third kappa shape index (κ3) is 1.52. The number of halogens is 1. The number of aromatic nitrogens is 2. The smallest absolute Gasteiger partial charge is 0.119 e. The van der Waals surface area contributed by atoms with E-state index in [1.165, 1.54) is 24.2 Å². The van der Waals surface area contributed by atoms with Crippen molar-refractivity contribution in [2.75, 3.05) is 0 Å². The lowest BCUT2D eigenvalue weighted by Crippen LogP contribution is -2.08. The molecule has 1 aliphatic rings. The van der Waals surface area contributed by atoms with Gasteiger partial charge in [-0.05, 0) is 48.3 Å². The first kappa shape index (κ1) is 7.46. The monoisotopic (exact) mass is 260 g/mol. The van der Waals surface area contributed by atoms with E-state index in [0.29, 0.717) is 0 Å². The summed E-state index contributed by atoms with van der Waals surface area (Å²) < 4.78 is 1.02. The summed E-state index contributed by atoms with van der Waals surface area (Å²) in [6, 6.07) is 0. The highest BCUT2D eigenvalue weighted by Gasteiger charge is 2.11. The van der Waals surface area contributed by atoms with E-state index in [1.807, 2.05) is 6.20 Å². The van der Waals surface area contributed by atoms with Crippen LogP contribution < -0.4 is 0 Å². The highest BCUT2D eigenvalue weighted by atomic mass is 127. The number of nitrogens with zero attached hydrogens (tertiary/aromatic N) is 2. The lowest BCUT2D eigenvalue weighted by molar-refractivity contribution is 0.646. The van der Waals surface area contributed by atoms with Crippen molar-refractivity contribution in [3.8, 4) is 0 Å². The van der Waals surface area contributed by atoms with Gasteiger partial charge in [-0.25, -0.2) is 4.98 Å². The van der Waals surface area contributed by atoms with Crippen LogP contribution in [-0.2, 0) is 12.8 Å². The van der Waals surface area contributed by atoms with Gasteiger partial charge in [0, 0.05) is 0 Å². The third-order valence-electron chi connectivity index (χ3n) is 1.98. The average Bonchev–Trinajstić information content (AvgIpc) is 2.04. The van der Waals surface area contributed by atoms with Gasteiger partial charge in [-0.3, -0.25) is 4.98 Å². The minimum atomic E-state index is 1.02. The van der Waals surface area contributed by atoms with E-state index >= 15 is 0 Å². The summed E-state index contributed by atoms with van der Waals surface area (Å²) in [6.07, 6.45) is 6.66. The number of hydrogen-bond donors (Lipinski definition) is 0. The van der Waals surface area contributed by atoms with E-state index in [4.69, 9.17) is 0 Å². The standard InChI is InChI=1S/C8H9IN2/c9-8-5-10-6-3-1-2-4-7(6)11-8/h5H,1-4H2. The maximum Gasteiger partial charge on any atom is 0.119 e. The molecule has 0 aliphatic heterocycles. The van der Waals surface area contributed by atoms with Gasteiger partial charge < -0.3 is 0 Å². The maximum absolute atomic E-state index is 4.44. The van der Waals surface area contributed by atoms with Crippen molar-refractivity contribution in [1.29, 1.82) is 0 Å². The summed E-state index contributed by atoms with van der Waals surface area (Å²) in [5.41, 5.74) is 2.44. The molecule has 1 aromatic rings. The van der Waals surface area contributed by atoms with E-state index < -0.39 is 0 Å². The van der Waals surface area contributed by atoms with Gasteiger partial charge in [0.1, 0.15) is 3.70 Å². The zero-order valence-corrected chi connectivity index (χ0v) is 8.34. The Morgan fingerprint density at radius 2 is 1.91 bits per heavy atom. The second-order valence-electron chi connectivity index (χ2n) is 2.79. The van der Waals surface area contributed by atoms with Crippen LogP contribution in [0.2, 0.25) is 0 Å². The summed E-state index contributed by atoms with van der Waals surface area (Å²) in [6.45, 7) is 0. The molecule has 58 valence electrons. The Morgan fingerprint density at radius 1 is 1.18 bits per heavy atom. The number of rotatable bonds is 0. The highest BCUT2D eigenvalue weighted by molar-refractivity contribution is 14.1. The Labute approximate surface area is 79.6 Å². The summed E-state index contributed by atoms with van der Waals surface area (Å²) in [4.78, 5) is 8.79. The molecule has 0 radical (unpaired) electrons. The van der Waals surface area contributed by atoms with E-state index in [-0.39, 0.29) is 0 Å². The molecule has 1 aromatic heterocycles. The van der Waals surface area contributed by atoms with Crippen molar-refractivity contribution in [1.82, 2.24) is 9.97 Å². The second kappa shape index (κ2) is 3.05. The topological polar surface area (TPSA) is 25.8 Å². The fraction of sp³-hybridized carbons (Fsp3) is 0.500. The van der Waals surface area contributed by atoms with Gasteiger partial charge >= 0.3 is 0 Å². The molecule has 0 unspecified atom stereocenters. The highest BCUT2D eigenvalue weighted by Crippen LogP contribution is 2.17. The van der Waals surface area contributed by atoms with Crippen molar-refractivity contribution in [3.05, 3.63) is 21.3 Å². The number of hydrogen-bond acceptors (Lipinski definition) is 2. The quantitative estimate of drug-likeness (QED) is 0.666. The molecular formula is C8H9IN2. The Bertz CT molecular complexity index is 273. The molecule has 11 heavy (non-hydrogen) atoms. The molecule has 1 aliphatic carbocycles. The molecule has 0 saturated carbocycles. The predicted octanol–water partition coefficient (Wildman–Crippen LogP) is 1.96. The molecule has 1 heterocycles. The third-order valence-corrected chi connectivity index (χ3v) is 2.50. The summed E-state index contributed by atoms with van der Waals surface area (Å²) in [5, 5.41) is 0. The van der Waals surface area contributed by atoms with Crippen LogP contribution in [0.25, 0.3) is 0 Å². The molecule has 2 nitrogen and oxygen atoms in total. The maximum atomic E-state index is 4.44. The van der Waals surface area contributed by atoms with Gasteiger partial charge in [0.25, 0.3) is 0 Å². The SMILES string of the molecule is Ic1cnc2c(n1)CCCC2. The van der Waals surface area contributed by atoms with Crippen LogP contribution in [0.4, 0.5) is 0 Å². The van der Waals surface area contributed by atoms with Crippen LogP contribution in [0.5, 0.6) is 0 Å². The van der Waals surface area contributed by atoms with Crippen LogP contribution in [0.1, 0.15) is 24.2 Å². The van der Waals surface area contributed by atoms with E-state index in [1.54, 1.807) is 0 Å². The van der Waals surface area contributed by atoms with Crippen molar-refractivity contribution in [3.63, 3.8) is 0 Å². The van der Waals surface area contributed by atoms with Gasteiger partial charge in [0.15, 0.2) is 0 Å². The first-order chi connectivity index (χ1) is 5.36. The van der Waals surface area contributed by atoms with Gasteiger partial charge in [-0.2, -0.15) is 0 Å². The lowest BCUT2D eigenvalue weighted by Gasteiger charge is -2.12. The zero-order chi connectivity index (χ0) is 7.68. The minimum absolute atomic E-state index is 1.02. The first-order valence-electron chi connectivity index (χ1n) is 3.86. The van der Waals surface area contributed by atoms with Gasteiger partial charge in [-0.1, -0.05) is 0 Å². The summed E-state index contributed by atoms with van der Waals surface area (Å²) >= 11 is 2.21. The Morgan fingerprint density at radius 3 is 2.73 bits per heavy atom. The predicted molar refractivity (Wildman–Crippen MR) is 51.4 cm³/mol. The molecule has 0 aromatic carbocycles. The molecule has 3 heteroatoms. The summed E-state index contributed by atoms with van der Waals surface area (Å²) in [5.74, 6) is 0. The molecule has 0 bridgehead atoms. The molecule has 2 rings (SSSR count). The second-order valence-corrected chi connectivity index (χ2v) is 3.90. The van der Waals surface area contributed by atoms with E-state index in [9.17, 15) is 0 Å². The molecule has 0 saturated heterocycles. The number of fused-ring (bicyclic) bond motifs is 1. The molecule has 0 N–H and O–H groups in total.